The summed E-state index contributed by atoms with van der Waals surface area (Å²) in [7, 11) is 0. The summed E-state index contributed by atoms with van der Waals surface area (Å²) in [5.41, 5.74) is 0. The maximum atomic E-state index is 12.0. The van der Waals surface area contributed by atoms with E-state index in [1.165, 1.54) is 19.3 Å². The number of rotatable bonds is 5. The van der Waals surface area contributed by atoms with Gasteiger partial charge in [-0.15, -0.1) is 0 Å². The third-order valence-electron chi connectivity index (χ3n) is 2.51. The molecule has 1 rings (SSSR count). The summed E-state index contributed by atoms with van der Waals surface area (Å²) >= 11 is 2.55. The summed E-state index contributed by atoms with van der Waals surface area (Å²) in [6, 6.07) is 0. The molecule has 5 heteroatoms. The molecular formula is C9H14BrF3O. The Hall–Kier alpha value is 0.230. The summed E-state index contributed by atoms with van der Waals surface area (Å²) in [5, 5.41) is 0. The van der Waals surface area contributed by atoms with E-state index < -0.39 is 11.0 Å². The minimum absolute atomic E-state index is 0.282. The van der Waals surface area contributed by atoms with Crippen LogP contribution in [0, 0.1) is 5.92 Å². The number of hydrogen-bond acceptors (Lipinski definition) is 1. The van der Waals surface area contributed by atoms with Crippen molar-refractivity contribution in [1.82, 2.24) is 0 Å². The molecule has 1 unspecified atom stereocenters. The molecule has 84 valence electrons. The first-order valence-electron chi connectivity index (χ1n) is 4.78. The maximum absolute atomic E-state index is 12.0. The minimum Gasteiger partial charge on any atom is -0.380 e. The zero-order chi connectivity index (χ0) is 10.6. The van der Waals surface area contributed by atoms with Gasteiger partial charge in [0.2, 0.25) is 0 Å². The Morgan fingerprint density at radius 2 is 2.00 bits per heavy atom. The first-order valence-corrected chi connectivity index (χ1v) is 5.70. The van der Waals surface area contributed by atoms with Gasteiger partial charge in [-0.2, -0.15) is 13.2 Å². The average Bonchev–Trinajstić information content (AvgIpc) is 1.98. The Kier molecular flexibility index (Phi) is 4.70. The van der Waals surface area contributed by atoms with E-state index in [1.54, 1.807) is 0 Å². The normalized spacial score (nSPS) is 20.6. The van der Waals surface area contributed by atoms with Crippen molar-refractivity contribution in [3.05, 3.63) is 0 Å². The fourth-order valence-corrected chi connectivity index (χ4v) is 1.50. The van der Waals surface area contributed by atoms with Crippen molar-refractivity contribution < 1.29 is 17.9 Å². The van der Waals surface area contributed by atoms with E-state index >= 15 is 0 Å². The Morgan fingerprint density at radius 3 is 2.43 bits per heavy atom. The molecule has 0 heterocycles. The molecule has 14 heavy (non-hydrogen) atoms. The van der Waals surface area contributed by atoms with Crippen LogP contribution in [-0.2, 0) is 4.74 Å². The monoisotopic (exact) mass is 274 g/mol. The first-order chi connectivity index (χ1) is 6.50. The summed E-state index contributed by atoms with van der Waals surface area (Å²) < 4.78 is 40.9. The van der Waals surface area contributed by atoms with Crippen LogP contribution < -0.4 is 0 Å². The van der Waals surface area contributed by atoms with Crippen LogP contribution in [0.3, 0.4) is 0 Å². The number of ether oxygens (including phenoxy) is 1. The average molecular weight is 275 g/mol. The first kappa shape index (κ1) is 12.3. The number of alkyl halides is 4. The van der Waals surface area contributed by atoms with Crippen molar-refractivity contribution in [3.63, 3.8) is 0 Å². The second-order valence-corrected chi connectivity index (χ2v) is 4.77. The molecule has 0 amide bonds. The van der Waals surface area contributed by atoms with Gasteiger partial charge in [0.25, 0.3) is 0 Å². The molecule has 0 aromatic heterocycles. The summed E-state index contributed by atoms with van der Waals surface area (Å²) in [6.45, 7) is 0.166. The predicted molar refractivity (Wildman–Crippen MR) is 51.5 cm³/mol. The highest BCUT2D eigenvalue weighted by Crippen LogP contribution is 2.30. The van der Waals surface area contributed by atoms with Crippen LogP contribution in [0.25, 0.3) is 0 Å². The van der Waals surface area contributed by atoms with Gasteiger partial charge >= 0.3 is 6.18 Å². The van der Waals surface area contributed by atoms with Gasteiger partial charge in [0, 0.05) is 6.61 Å². The predicted octanol–water partition coefficient (Wildman–Crippen LogP) is 3.52. The second-order valence-electron chi connectivity index (χ2n) is 3.67. The van der Waals surface area contributed by atoms with Crippen molar-refractivity contribution in [2.75, 3.05) is 13.2 Å². The molecule has 1 nitrogen and oxygen atoms in total. The lowest BCUT2D eigenvalue weighted by atomic mass is 9.83. The lowest BCUT2D eigenvalue weighted by Crippen LogP contribution is -2.28. The number of halogens is 4. The van der Waals surface area contributed by atoms with E-state index in [-0.39, 0.29) is 6.61 Å². The third kappa shape index (κ3) is 4.17. The van der Waals surface area contributed by atoms with Crippen LogP contribution in [0.5, 0.6) is 0 Å². The van der Waals surface area contributed by atoms with Crippen LogP contribution in [0.15, 0.2) is 0 Å². The Balaban J connectivity index is 1.97. The molecule has 1 atom stereocenters. The van der Waals surface area contributed by atoms with E-state index in [0.29, 0.717) is 12.5 Å². The Labute approximate surface area is 90.1 Å². The van der Waals surface area contributed by atoms with E-state index in [0.717, 1.165) is 6.42 Å². The molecule has 0 N–H and O–H groups in total. The van der Waals surface area contributed by atoms with Gasteiger partial charge in [-0.1, -0.05) is 35.2 Å². The van der Waals surface area contributed by atoms with Crippen molar-refractivity contribution in [2.24, 2.45) is 5.92 Å². The van der Waals surface area contributed by atoms with Crippen LogP contribution in [0.1, 0.15) is 25.7 Å². The second kappa shape index (κ2) is 5.35. The Bertz CT molecular complexity index is 168. The van der Waals surface area contributed by atoms with Crippen LogP contribution in [0.4, 0.5) is 13.2 Å². The van der Waals surface area contributed by atoms with E-state index in [4.69, 9.17) is 4.74 Å². The van der Waals surface area contributed by atoms with E-state index in [1.807, 2.05) is 0 Å². The Morgan fingerprint density at radius 1 is 1.36 bits per heavy atom. The molecule has 0 radical (unpaired) electrons. The molecule has 1 saturated carbocycles. The fraction of sp³-hybridized carbons (Fsp3) is 1.00. The van der Waals surface area contributed by atoms with Crippen molar-refractivity contribution in [3.8, 4) is 0 Å². The van der Waals surface area contributed by atoms with Crippen molar-refractivity contribution in [2.45, 2.75) is 36.7 Å². The topological polar surface area (TPSA) is 9.23 Å². The van der Waals surface area contributed by atoms with Crippen molar-refractivity contribution in [1.29, 1.82) is 0 Å². The maximum Gasteiger partial charge on any atom is 0.403 e. The van der Waals surface area contributed by atoms with Gasteiger partial charge in [0.1, 0.15) is 4.83 Å². The standard InChI is InChI=1S/C9H14BrF3O/c10-8(9(11,12)13)6-14-5-4-7-2-1-3-7/h7-8H,1-6H2. The third-order valence-corrected chi connectivity index (χ3v) is 3.30. The van der Waals surface area contributed by atoms with Crippen LogP contribution in [0.2, 0.25) is 0 Å². The van der Waals surface area contributed by atoms with Crippen LogP contribution in [-0.4, -0.2) is 24.2 Å². The zero-order valence-electron chi connectivity index (χ0n) is 7.82. The lowest BCUT2D eigenvalue weighted by Gasteiger charge is -2.25. The molecular weight excluding hydrogens is 261 g/mol. The van der Waals surface area contributed by atoms with Gasteiger partial charge < -0.3 is 4.74 Å². The number of hydrogen-bond donors (Lipinski definition) is 0. The van der Waals surface area contributed by atoms with Crippen molar-refractivity contribution >= 4 is 15.9 Å². The molecule has 0 bridgehead atoms. The summed E-state index contributed by atoms with van der Waals surface area (Å²) in [4.78, 5) is -1.53. The highest BCUT2D eigenvalue weighted by atomic mass is 79.9. The molecule has 0 spiro atoms. The van der Waals surface area contributed by atoms with Gasteiger partial charge in [0.05, 0.1) is 6.61 Å². The van der Waals surface area contributed by atoms with Gasteiger partial charge in [-0.25, -0.2) is 0 Å². The molecule has 0 aliphatic heterocycles. The SMILES string of the molecule is FC(F)(F)C(Br)COCCC1CCC1. The quantitative estimate of drug-likeness (QED) is 0.551. The molecule has 0 aromatic rings. The van der Waals surface area contributed by atoms with E-state index in [2.05, 4.69) is 15.9 Å². The van der Waals surface area contributed by atoms with Gasteiger partial charge in [-0.05, 0) is 12.3 Å². The highest BCUT2D eigenvalue weighted by molar-refractivity contribution is 9.09. The summed E-state index contributed by atoms with van der Waals surface area (Å²) in [6.07, 6.45) is 0.378. The molecule has 0 saturated heterocycles. The zero-order valence-corrected chi connectivity index (χ0v) is 9.40. The smallest absolute Gasteiger partial charge is 0.380 e. The molecule has 0 aromatic carbocycles. The van der Waals surface area contributed by atoms with Gasteiger partial charge in [0.15, 0.2) is 0 Å². The van der Waals surface area contributed by atoms with E-state index in [9.17, 15) is 13.2 Å². The molecule has 1 aliphatic carbocycles. The highest BCUT2D eigenvalue weighted by Gasteiger charge is 2.37. The fourth-order valence-electron chi connectivity index (χ4n) is 1.31. The largest absolute Gasteiger partial charge is 0.403 e. The van der Waals surface area contributed by atoms with Crippen LogP contribution >= 0.6 is 15.9 Å². The molecule has 1 aliphatic rings. The lowest BCUT2D eigenvalue weighted by molar-refractivity contribution is -0.137. The summed E-state index contributed by atoms with van der Waals surface area (Å²) in [5.74, 6) is 0.690. The van der Waals surface area contributed by atoms with Gasteiger partial charge in [-0.3, -0.25) is 0 Å². The molecule has 1 fully saturated rings. The minimum atomic E-state index is -4.20.